The van der Waals surface area contributed by atoms with E-state index in [0.717, 1.165) is 23.6 Å². The highest BCUT2D eigenvalue weighted by atomic mass is 32.1. The Balaban J connectivity index is 1.36. The lowest BCUT2D eigenvalue weighted by Gasteiger charge is -2.44. The van der Waals surface area contributed by atoms with Crippen LogP contribution in [0, 0.1) is 30.1 Å². The van der Waals surface area contributed by atoms with E-state index in [-0.39, 0.29) is 0 Å². The van der Waals surface area contributed by atoms with Crippen LogP contribution in [0.5, 0.6) is 0 Å². The number of fused-ring (bicyclic) bond motifs is 1. The lowest BCUT2D eigenvalue weighted by Crippen LogP contribution is -2.36. The second-order valence-corrected chi connectivity index (χ2v) is 12.6. The summed E-state index contributed by atoms with van der Waals surface area (Å²) in [4.78, 5) is 14.6. The fourth-order valence-corrected chi connectivity index (χ4v) is 8.07. The van der Waals surface area contributed by atoms with E-state index in [9.17, 15) is 15.0 Å². The minimum absolute atomic E-state index is 0.310. The van der Waals surface area contributed by atoms with Crippen LogP contribution in [0.1, 0.15) is 99.0 Å². The molecule has 0 aliphatic heterocycles. The number of carbonyl (C=O) groups is 1. The number of carbonyl (C=O) groups excluding carboxylic acids is 1. The number of Topliss-reactive ketones (excluding diaryl/α,β-unsaturated/α-hetero) is 1. The molecule has 0 bridgehead atoms. The van der Waals surface area contributed by atoms with Crippen LogP contribution in [-0.4, -0.2) is 28.2 Å². The molecule has 2 N–H and O–H groups in total. The van der Waals surface area contributed by atoms with E-state index in [1.165, 1.54) is 42.6 Å². The largest absolute Gasteiger partial charge is 0.393 e. The predicted molar refractivity (Wildman–Crippen MR) is 137 cm³/mol. The standard InChI is InChI=1S/C29H42O3S/c1-19(6-4-8-27(32)28-14-9-20(2)33-28)25-12-13-26-22(7-5-15-29(25,26)3)11-10-21-16-23(30)18-24(31)17-21/h9-11,14,19,23-26,30-31H,4-8,12-13,15-18H2,1-3H3/b21-10?,22-11-/t19?,23-,24+,25-,26?,29-/m1/s1. The molecular formula is C29H42O3S. The van der Waals surface area contributed by atoms with Gasteiger partial charge in [-0.3, -0.25) is 4.79 Å². The summed E-state index contributed by atoms with van der Waals surface area (Å²) in [6.45, 7) is 7.01. The molecule has 4 heteroatoms. The Bertz CT molecular complexity index is 884. The Morgan fingerprint density at radius 3 is 2.67 bits per heavy atom. The van der Waals surface area contributed by atoms with Gasteiger partial charge in [0.1, 0.15) is 0 Å². The number of aryl methyl sites for hydroxylation is 1. The molecule has 1 heterocycles. The maximum atomic E-state index is 12.5. The van der Waals surface area contributed by atoms with E-state index in [1.807, 2.05) is 12.1 Å². The minimum atomic E-state index is -0.401. The molecule has 0 spiro atoms. The number of thiophene rings is 1. The molecule has 0 saturated heterocycles. The average molecular weight is 471 g/mol. The highest BCUT2D eigenvalue weighted by Crippen LogP contribution is 2.59. The monoisotopic (exact) mass is 470 g/mol. The molecule has 0 amide bonds. The van der Waals surface area contributed by atoms with Crippen LogP contribution < -0.4 is 0 Å². The van der Waals surface area contributed by atoms with Gasteiger partial charge < -0.3 is 10.2 Å². The Morgan fingerprint density at radius 2 is 1.97 bits per heavy atom. The van der Waals surface area contributed by atoms with Crippen molar-refractivity contribution in [2.24, 2.45) is 23.2 Å². The van der Waals surface area contributed by atoms with E-state index in [2.05, 4.69) is 32.9 Å². The highest BCUT2D eigenvalue weighted by molar-refractivity contribution is 7.14. The van der Waals surface area contributed by atoms with Gasteiger partial charge in [0.15, 0.2) is 5.78 Å². The zero-order chi connectivity index (χ0) is 23.6. The van der Waals surface area contributed by atoms with Crippen molar-refractivity contribution in [2.45, 2.75) is 104 Å². The molecule has 2 unspecified atom stereocenters. The van der Waals surface area contributed by atoms with Crippen LogP contribution in [-0.2, 0) is 0 Å². The van der Waals surface area contributed by atoms with Gasteiger partial charge in [-0.05, 0) is 106 Å². The molecule has 0 radical (unpaired) electrons. The van der Waals surface area contributed by atoms with Gasteiger partial charge in [0.2, 0.25) is 0 Å². The summed E-state index contributed by atoms with van der Waals surface area (Å²) in [5.74, 6) is 2.35. The molecule has 3 aliphatic carbocycles. The van der Waals surface area contributed by atoms with Crippen molar-refractivity contribution < 1.29 is 15.0 Å². The van der Waals surface area contributed by atoms with Gasteiger partial charge in [-0.15, -0.1) is 11.3 Å². The Kier molecular flexibility index (Phi) is 7.98. The predicted octanol–water partition coefficient (Wildman–Crippen LogP) is 7.02. The molecule has 3 nitrogen and oxygen atoms in total. The molecule has 0 aromatic carbocycles. The first-order chi connectivity index (χ1) is 15.8. The fraction of sp³-hybridized carbons (Fsp3) is 0.690. The first-order valence-corrected chi connectivity index (χ1v) is 13.9. The summed E-state index contributed by atoms with van der Waals surface area (Å²) in [5, 5.41) is 20.0. The molecule has 1 aromatic heterocycles. The molecular weight excluding hydrogens is 428 g/mol. The first kappa shape index (κ1) is 24.9. The van der Waals surface area contributed by atoms with Crippen LogP contribution in [0.3, 0.4) is 0 Å². The summed E-state index contributed by atoms with van der Waals surface area (Å²) in [7, 11) is 0. The SMILES string of the molecule is Cc1ccc(C(=O)CCCC(C)[C@H]2CCC3/C(=C\C=C4C[C@@H](O)C[C@@H](O)C4)CCC[C@@]32C)s1. The van der Waals surface area contributed by atoms with E-state index in [4.69, 9.17) is 0 Å². The number of allylic oxidation sites excluding steroid dienone is 3. The van der Waals surface area contributed by atoms with Gasteiger partial charge in [0.05, 0.1) is 17.1 Å². The number of hydrogen-bond donors (Lipinski definition) is 2. The number of ketones is 1. The van der Waals surface area contributed by atoms with Gasteiger partial charge in [-0.25, -0.2) is 0 Å². The zero-order valence-corrected chi connectivity index (χ0v) is 21.5. The van der Waals surface area contributed by atoms with Gasteiger partial charge >= 0.3 is 0 Å². The van der Waals surface area contributed by atoms with Crippen molar-refractivity contribution >= 4 is 17.1 Å². The van der Waals surface area contributed by atoms with Gasteiger partial charge in [0.25, 0.3) is 0 Å². The van der Waals surface area contributed by atoms with Crippen molar-refractivity contribution in [3.63, 3.8) is 0 Å². The second-order valence-electron chi connectivity index (χ2n) is 11.3. The lowest BCUT2D eigenvalue weighted by atomic mass is 9.60. The zero-order valence-electron chi connectivity index (χ0n) is 20.7. The Hall–Kier alpha value is -1.23. The molecule has 6 atom stereocenters. The second kappa shape index (κ2) is 10.6. The van der Waals surface area contributed by atoms with Gasteiger partial charge in [-0.2, -0.15) is 0 Å². The quantitative estimate of drug-likeness (QED) is 0.421. The van der Waals surface area contributed by atoms with Crippen molar-refractivity contribution in [1.29, 1.82) is 0 Å². The van der Waals surface area contributed by atoms with Crippen LogP contribution in [0.2, 0.25) is 0 Å². The molecule has 182 valence electrons. The summed E-state index contributed by atoms with van der Waals surface area (Å²) < 4.78 is 0. The fourth-order valence-electron chi connectivity index (χ4n) is 7.24. The summed E-state index contributed by atoms with van der Waals surface area (Å²) in [5.41, 5.74) is 3.14. The van der Waals surface area contributed by atoms with Crippen LogP contribution in [0.4, 0.5) is 0 Å². The third-order valence-corrected chi connectivity index (χ3v) is 9.92. The number of aliphatic hydroxyl groups is 2. The minimum Gasteiger partial charge on any atom is -0.393 e. The third kappa shape index (κ3) is 5.71. The lowest BCUT2D eigenvalue weighted by molar-refractivity contribution is 0.0609. The van der Waals surface area contributed by atoms with Gasteiger partial charge in [-0.1, -0.05) is 37.1 Å². The summed E-state index contributed by atoms with van der Waals surface area (Å²) in [6.07, 6.45) is 14.8. The number of hydrogen-bond acceptors (Lipinski definition) is 4. The van der Waals surface area contributed by atoms with Crippen LogP contribution in [0.15, 0.2) is 35.4 Å². The van der Waals surface area contributed by atoms with Crippen LogP contribution >= 0.6 is 11.3 Å². The summed E-state index contributed by atoms with van der Waals surface area (Å²) in [6, 6.07) is 4.02. The topological polar surface area (TPSA) is 57.5 Å². The molecule has 1 aromatic rings. The average Bonchev–Trinajstić information content (AvgIpc) is 3.34. The molecule has 3 fully saturated rings. The molecule has 4 rings (SSSR count). The van der Waals surface area contributed by atoms with Gasteiger partial charge in [0, 0.05) is 11.3 Å². The normalized spacial score (nSPS) is 35.7. The summed E-state index contributed by atoms with van der Waals surface area (Å²) >= 11 is 1.62. The smallest absolute Gasteiger partial charge is 0.172 e. The van der Waals surface area contributed by atoms with Crippen molar-refractivity contribution in [1.82, 2.24) is 0 Å². The van der Waals surface area contributed by atoms with E-state index in [0.29, 0.717) is 48.7 Å². The first-order valence-electron chi connectivity index (χ1n) is 13.1. The van der Waals surface area contributed by atoms with Crippen molar-refractivity contribution in [2.75, 3.05) is 0 Å². The Morgan fingerprint density at radius 1 is 1.21 bits per heavy atom. The number of aliphatic hydroxyl groups excluding tert-OH is 2. The highest BCUT2D eigenvalue weighted by Gasteiger charge is 2.50. The Labute approximate surface area is 204 Å². The van der Waals surface area contributed by atoms with E-state index < -0.39 is 12.2 Å². The molecule has 3 saturated carbocycles. The van der Waals surface area contributed by atoms with Crippen molar-refractivity contribution in [3.8, 4) is 0 Å². The molecule has 33 heavy (non-hydrogen) atoms. The third-order valence-electron chi connectivity index (χ3n) is 8.88. The van der Waals surface area contributed by atoms with Crippen LogP contribution in [0.25, 0.3) is 0 Å². The number of rotatable bonds is 7. The van der Waals surface area contributed by atoms with Crippen molar-refractivity contribution in [3.05, 3.63) is 45.2 Å². The maximum absolute atomic E-state index is 12.5. The van der Waals surface area contributed by atoms with E-state index in [1.54, 1.807) is 16.9 Å². The van der Waals surface area contributed by atoms with E-state index >= 15 is 0 Å². The maximum Gasteiger partial charge on any atom is 0.172 e. The molecule has 3 aliphatic rings.